The van der Waals surface area contributed by atoms with Gasteiger partial charge in [-0.1, -0.05) is 11.3 Å². The summed E-state index contributed by atoms with van der Waals surface area (Å²) in [6, 6.07) is 0. The minimum Gasteiger partial charge on any atom is -0.465 e. The Morgan fingerprint density at radius 2 is 2.13 bits per heavy atom. The normalized spacial score (nSPS) is 10.1. The molecule has 1 aromatic rings. The van der Waals surface area contributed by atoms with Crippen LogP contribution in [0, 0.1) is 0 Å². The van der Waals surface area contributed by atoms with Crippen molar-refractivity contribution in [1.29, 1.82) is 0 Å². The molecule has 1 heterocycles. The average Bonchev–Trinajstić information content (AvgIpc) is 2.61. The van der Waals surface area contributed by atoms with Crippen LogP contribution in [-0.4, -0.2) is 31.2 Å². The molecule has 0 atom stereocenters. The molecule has 0 aliphatic carbocycles. The standard InChI is InChI=1S/C9H13BrN2O2S/c1-4-12(5-2)9-11-7(10)6(15-9)8(13)14-3/h4-5H2,1-3H3. The molecule has 0 bridgehead atoms. The van der Waals surface area contributed by atoms with Crippen molar-refractivity contribution in [3.8, 4) is 0 Å². The number of esters is 1. The van der Waals surface area contributed by atoms with E-state index in [4.69, 9.17) is 0 Å². The monoisotopic (exact) mass is 292 g/mol. The Bertz CT molecular complexity index is 350. The molecule has 0 aromatic carbocycles. The summed E-state index contributed by atoms with van der Waals surface area (Å²) in [4.78, 5) is 18.2. The summed E-state index contributed by atoms with van der Waals surface area (Å²) >= 11 is 4.60. The minimum atomic E-state index is -0.349. The zero-order chi connectivity index (χ0) is 11.4. The molecule has 0 spiro atoms. The van der Waals surface area contributed by atoms with Crippen molar-refractivity contribution in [3.05, 3.63) is 9.48 Å². The average molecular weight is 293 g/mol. The Labute approximate surface area is 101 Å². The first-order valence-electron chi connectivity index (χ1n) is 4.63. The van der Waals surface area contributed by atoms with E-state index in [1.165, 1.54) is 18.4 Å². The number of rotatable bonds is 4. The largest absolute Gasteiger partial charge is 0.465 e. The van der Waals surface area contributed by atoms with Gasteiger partial charge in [-0.3, -0.25) is 0 Å². The molecular weight excluding hydrogens is 280 g/mol. The highest BCUT2D eigenvalue weighted by atomic mass is 79.9. The maximum Gasteiger partial charge on any atom is 0.350 e. The second-order valence-electron chi connectivity index (χ2n) is 2.78. The number of halogens is 1. The SMILES string of the molecule is CCN(CC)c1nc(Br)c(C(=O)OC)s1. The van der Waals surface area contributed by atoms with E-state index in [-0.39, 0.29) is 5.97 Å². The maximum atomic E-state index is 11.3. The van der Waals surface area contributed by atoms with Crippen LogP contribution in [0.3, 0.4) is 0 Å². The van der Waals surface area contributed by atoms with Crippen LogP contribution in [-0.2, 0) is 4.74 Å². The van der Waals surface area contributed by atoms with Gasteiger partial charge < -0.3 is 9.64 Å². The molecular formula is C9H13BrN2O2S. The summed E-state index contributed by atoms with van der Waals surface area (Å²) in [5.41, 5.74) is 0. The van der Waals surface area contributed by atoms with Crippen LogP contribution < -0.4 is 4.90 Å². The lowest BCUT2D eigenvalue weighted by atomic mass is 10.5. The zero-order valence-electron chi connectivity index (χ0n) is 8.91. The number of carbonyl (C=O) groups excluding carboxylic acids is 1. The van der Waals surface area contributed by atoms with E-state index in [0.29, 0.717) is 9.48 Å². The van der Waals surface area contributed by atoms with Gasteiger partial charge in [0.25, 0.3) is 0 Å². The molecule has 0 N–H and O–H groups in total. The van der Waals surface area contributed by atoms with E-state index < -0.39 is 0 Å². The molecule has 0 aliphatic heterocycles. The number of nitrogens with zero attached hydrogens (tertiary/aromatic N) is 2. The van der Waals surface area contributed by atoms with Gasteiger partial charge >= 0.3 is 5.97 Å². The summed E-state index contributed by atoms with van der Waals surface area (Å²) < 4.78 is 5.22. The quantitative estimate of drug-likeness (QED) is 0.800. The molecule has 15 heavy (non-hydrogen) atoms. The number of hydrogen-bond donors (Lipinski definition) is 0. The number of anilines is 1. The highest BCUT2D eigenvalue weighted by Crippen LogP contribution is 2.30. The number of ether oxygens (including phenoxy) is 1. The lowest BCUT2D eigenvalue weighted by Gasteiger charge is -2.16. The van der Waals surface area contributed by atoms with Crippen molar-refractivity contribution in [3.63, 3.8) is 0 Å². The van der Waals surface area contributed by atoms with Crippen LogP contribution in [0.5, 0.6) is 0 Å². The van der Waals surface area contributed by atoms with Crippen LogP contribution in [0.2, 0.25) is 0 Å². The first kappa shape index (κ1) is 12.4. The first-order chi connectivity index (χ1) is 7.13. The predicted molar refractivity (Wildman–Crippen MR) is 64.7 cm³/mol. The van der Waals surface area contributed by atoms with Crippen LogP contribution in [0.25, 0.3) is 0 Å². The highest BCUT2D eigenvalue weighted by Gasteiger charge is 2.18. The van der Waals surface area contributed by atoms with E-state index in [2.05, 4.69) is 44.4 Å². The molecule has 0 unspecified atom stereocenters. The third-order valence-corrected chi connectivity index (χ3v) is 3.91. The Hall–Kier alpha value is -0.620. The van der Waals surface area contributed by atoms with Gasteiger partial charge in [0, 0.05) is 13.1 Å². The van der Waals surface area contributed by atoms with Gasteiger partial charge in [-0.2, -0.15) is 0 Å². The lowest BCUT2D eigenvalue weighted by Crippen LogP contribution is -2.21. The third kappa shape index (κ3) is 2.69. The molecule has 4 nitrogen and oxygen atoms in total. The van der Waals surface area contributed by atoms with Crippen LogP contribution in [0.4, 0.5) is 5.13 Å². The summed E-state index contributed by atoms with van der Waals surface area (Å²) in [5.74, 6) is -0.349. The van der Waals surface area contributed by atoms with Crippen LogP contribution >= 0.6 is 27.3 Å². The molecule has 1 aromatic heterocycles. The Kier molecular flexibility index (Phi) is 4.53. The molecule has 1 rings (SSSR count). The summed E-state index contributed by atoms with van der Waals surface area (Å²) in [6.07, 6.45) is 0. The second kappa shape index (κ2) is 5.46. The maximum absolute atomic E-state index is 11.3. The van der Waals surface area contributed by atoms with E-state index >= 15 is 0 Å². The third-order valence-electron chi connectivity index (χ3n) is 1.98. The molecule has 84 valence electrons. The second-order valence-corrected chi connectivity index (χ2v) is 4.51. The van der Waals surface area contributed by atoms with Gasteiger partial charge in [0.1, 0.15) is 9.48 Å². The zero-order valence-corrected chi connectivity index (χ0v) is 11.3. The van der Waals surface area contributed by atoms with Crippen molar-refractivity contribution >= 4 is 38.4 Å². The highest BCUT2D eigenvalue weighted by molar-refractivity contribution is 9.10. The van der Waals surface area contributed by atoms with Crippen LogP contribution in [0.1, 0.15) is 23.5 Å². The molecule has 0 saturated carbocycles. The van der Waals surface area contributed by atoms with E-state index in [1.807, 2.05) is 0 Å². The number of carbonyl (C=O) groups is 1. The topological polar surface area (TPSA) is 42.4 Å². The van der Waals surface area contributed by atoms with E-state index in [0.717, 1.165) is 18.2 Å². The Balaban J connectivity index is 2.99. The number of methoxy groups -OCH3 is 1. The van der Waals surface area contributed by atoms with Gasteiger partial charge in [0.15, 0.2) is 5.13 Å². The van der Waals surface area contributed by atoms with Gasteiger partial charge in [-0.05, 0) is 29.8 Å². The molecule has 6 heteroatoms. The molecule has 0 amide bonds. The number of hydrogen-bond acceptors (Lipinski definition) is 5. The summed E-state index contributed by atoms with van der Waals surface area (Å²) in [6.45, 7) is 5.85. The molecule has 0 saturated heterocycles. The van der Waals surface area contributed by atoms with Crippen molar-refractivity contribution in [2.45, 2.75) is 13.8 Å². The predicted octanol–water partition coefficient (Wildman–Crippen LogP) is 2.54. The van der Waals surface area contributed by atoms with Gasteiger partial charge in [0.05, 0.1) is 7.11 Å². The van der Waals surface area contributed by atoms with Gasteiger partial charge in [-0.15, -0.1) is 0 Å². The van der Waals surface area contributed by atoms with Crippen molar-refractivity contribution in [1.82, 2.24) is 4.98 Å². The van der Waals surface area contributed by atoms with Crippen LogP contribution in [0.15, 0.2) is 4.60 Å². The van der Waals surface area contributed by atoms with Crippen molar-refractivity contribution in [2.24, 2.45) is 0 Å². The number of aromatic nitrogens is 1. The fourth-order valence-electron chi connectivity index (χ4n) is 1.14. The van der Waals surface area contributed by atoms with Gasteiger partial charge in [0.2, 0.25) is 0 Å². The number of thiazole rings is 1. The fraction of sp³-hybridized carbons (Fsp3) is 0.556. The smallest absolute Gasteiger partial charge is 0.350 e. The summed E-state index contributed by atoms with van der Waals surface area (Å²) in [5, 5.41) is 0.840. The van der Waals surface area contributed by atoms with Gasteiger partial charge in [-0.25, -0.2) is 9.78 Å². The first-order valence-corrected chi connectivity index (χ1v) is 6.24. The molecule has 0 radical (unpaired) electrons. The molecule has 0 fully saturated rings. The Morgan fingerprint density at radius 1 is 1.53 bits per heavy atom. The van der Waals surface area contributed by atoms with Crippen molar-refractivity contribution < 1.29 is 9.53 Å². The fourth-order valence-corrected chi connectivity index (χ4v) is 2.83. The Morgan fingerprint density at radius 3 is 2.60 bits per heavy atom. The lowest BCUT2D eigenvalue weighted by molar-refractivity contribution is 0.0605. The van der Waals surface area contributed by atoms with E-state index in [9.17, 15) is 4.79 Å². The molecule has 0 aliphatic rings. The van der Waals surface area contributed by atoms with Crippen molar-refractivity contribution in [2.75, 3.05) is 25.1 Å². The van der Waals surface area contributed by atoms with E-state index in [1.54, 1.807) is 0 Å². The summed E-state index contributed by atoms with van der Waals surface area (Å²) in [7, 11) is 1.37. The minimum absolute atomic E-state index is 0.349.